The Kier molecular flexibility index (Phi) is 5.06. The summed E-state index contributed by atoms with van der Waals surface area (Å²) < 4.78 is 22.2. The maximum atomic E-state index is 13.2. The van der Waals surface area contributed by atoms with Crippen molar-refractivity contribution in [3.63, 3.8) is 0 Å². The number of hydrogen-bond acceptors (Lipinski definition) is 7. The summed E-state index contributed by atoms with van der Waals surface area (Å²) in [5.74, 6) is -0.0815. The molecule has 0 aromatic heterocycles. The second-order valence-electron chi connectivity index (χ2n) is 8.22. The van der Waals surface area contributed by atoms with E-state index in [1.165, 1.54) is 0 Å². The van der Waals surface area contributed by atoms with Crippen molar-refractivity contribution >= 4 is 17.5 Å². The van der Waals surface area contributed by atoms with Crippen molar-refractivity contribution < 1.29 is 28.5 Å². The van der Waals surface area contributed by atoms with Crippen LogP contribution >= 0.6 is 0 Å². The molecule has 1 unspecified atom stereocenters. The number of nitrogens with zero attached hydrogens (tertiary/aromatic N) is 1. The van der Waals surface area contributed by atoms with Crippen LogP contribution in [0.25, 0.3) is 0 Å². The van der Waals surface area contributed by atoms with E-state index in [0.29, 0.717) is 35.8 Å². The van der Waals surface area contributed by atoms with E-state index in [1.807, 2.05) is 25.1 Å². The molecule has 0 radical (unpaired) electrons. The first-order valence-corrected chi connectivity index (χ1v) is 10.6. The Morgan fingerprint density at radius 1 is 1.20 bits per heavy atom. The number of rotatable bonds is 4. The zero-order valence-electron chi connectivity index (χ0n) is 17.0. The third-order valence-electron chi connectivity index (χ3n) is 6.28. The summed E-state index contributed by atoms with van der Waals surface area (Å²) in [6.07, 6.45) is 3.84. The Hall–Kier alpha value is -2.67. The Balaban J connectivity index is 1.50. The number of carbonyl (C=O) groups excluding carboxylic acids is 2. The normalized spacial score (nSPS) is 27.7. The molecule has 1 saturated heterocycles. The number of aliphatic imine (C=N–C) groups is 1. The van der Waals surface area contributed by atoms with E-state index in [-0.39, 0.29) is 31.3 Å². The largest absolute Gasteiger partial charge is 0.462 e. The number of hydrogen-bond donors (Lipinski definition) is 0. The molecule has 158 valence electrons. The van der Waals surface area contributed by atoms with E-state index >= 15 is 0 Å². The van der Waals surface area contributed by atoms with Crippen molar-refractivity contribution in [1.82, 2.24) is 0 Å². The second kappa shape index (κ2) is 7.87. The fourth-order valence-corrected chi connectivity index (χ4v) is 4.82. The second-order valence-corrected chi connectivity index (χ2v) is 8.22. The van der Waals surface area contributed by atoms with E-state index < -0.39 is 11.8 Å². The molecule has 0 amide bonds. The van der Waals surface area contributed by atoms with Crippen LogP contribution in [0, 0.1) is 5.92 Å². The van der Waals surface area contributed by atoms with Crippen LogP contribution in [0.3, 0.4) is 0 Å². The molecule has 4 aliphatic rings. The molecule has 5 rings (SSSR count). The first-order chi connectivity index (χ1) is 14.6. The highest BCUT2D eigenvalue weighted by molar-refractivity contribution is 6.08. The highest BCUT2D eigenvalue weighted by atomic mass is 16.7. The maximum absolute atomic E-state index is 13.2. The Bertz CT molecular complexity index is 943. The summed E-state index contributed by atoms with van der Waals surface area (Å²) in [5.41, 5.74) is 2.97. The van der Waals surface area contributed by atoms with Gasteiger partial charge in [0.15, 0.2) is 17.3 Å². The molecular formula is C23H25NO6. The third-order valence-corrected chi connectivity index (χ3v) is 6.28. The summed E-state index contributed by atoms with van der Waals surface area (Å²) in [7, 11) is 0. The van der Waals surface area contributed by atoms with Gasteiger partial charge in [-0.25, -0.2) is 0 Å². The molecule has 30 heavy (non-hydrogen) atoms. The lowest BCUT2D eigenvalue weighted by atomic mass is 9.71. The zero-order chi connectivity index (χ0) is 20.7. The number of carbonyl (C=O) groups is 2. The fraction of sp³-hybridized carbons (Fsp3) is 0.522. The number of fused-ring (bicyclic) bond motifs is 1. The minimum atomic E-state index is -0.646. The van der Waals surface area contributed by atoms with Gasteiger partial charge in [-0.05, 0) is 50.3 Å². The van der Waals surface area contributed by atoms with Gasteiger partial charge in [-0.1, -0.05) is 6.07 Å². The number of esters is 1. The first-order valence-electron chi connectivity index (χ1n) is 10.6. The average molecular weight is 411 g/mol. The van der Waals surface area contributed by atoms with Crippen LogP contribution in [0.1, 0.15) is 50.5 Å². The van der Waals surface area contributed by atoms with Crippen molar-refractivity contribution in [1.29, 1.82) is 0 Å². The predicted molar refractivity (Wildman–Crippen MR) is 108 cm³/mol. The Morgan fingerprint density at radius 2 is 2.07 bits per heavy atom. The summed E-state index contributed by atoms with van der Waals surface area (Å²) in [6, 6.07) is 5.61. The molecule has 1 aliphatic carbocycles. The SMILES string of the molecule is CC1=NC2=C(C(=O)CCC2)[C@H](c2ccc3c(c2)OCO3)C1C(=O)OC[C@H]1CCCO1. The van der Waals surface area contributed by atoms with Crippen molar-refractivity contribution in [2.75, 3.05) is 20.0 Å². The van der Waals surface area contributed by atoms with Crippen LogP contribution in [-0.4, -0.2) is 43.6 Å². The van der Waals surface area contributed by atoms with Crippen molar-refractivity contribution in [2.24, 2.45) is 10.9 Å². The van der Waals surface area contributed by atoms with Gasteiger partial charge < -0.3 is 18.9 Å². The van der Waals surface area contributed by atoms with Gasteiger partial charge >= 0.3 is 5.97 Å². The molecule has 0 spiro atoms. The molecule has 1 fully saturated rings. The van der Waals surface area contributed by atoms with Gasteiger partial charge in [0.2, 0.25) is 6.79 Å². The summed E-state index contributed by atoms with van der Waals surface area (Å²) >= 11 is 0. The molecule has 1 aromatic carbocycles. The average Bonchev–Trinajstić information content (AvgIpc) is 3.42. The van der Waals surface area contributed by atoms with Crippen LogP contribution in [-0.2, 0) is 19.1 Å². The lowest BCUT2D eigenvalue weighted by molar-refractivity contribution is -0.149. The van der Waals surface area contributed by atoms with Gasteiger partial charge in [-0.2, -0.15) is 0 Å². The standard InChI is InChI=1S/C23H25NO6/c1-13-20(23(26)28-11-15-4-3-9-27-15)21(22-16(24-13)5-2-6-17(22)25)14-7-8-18-19(10-14)30-12-29-18/h7-8,10,15,20-21H,2-6,9,11-12H2,1H3/t15-,20?,21-/m1/s1. The fourth-order valence-electron chi connectivity index (χ4n) is 4.82. The molecule has 7 heteroatoms. The van der Waals surface area contributed by atoms with Crippen molar-refractivity contribution in [2.45, 2.75) is 51.0 Å². The minimum absolute atomic E-state index is 0.0510. The van der Waals surface area contributed by atoms with Crippen molar-refractivity contribution in [3.05, 3.63) is 35.0 Å². The van der Waals surface area contributed by atoms with Crippen LogP contribution in [0.15, 0.2) is 34.5 Å². The van der Waals surface area contributed by atoms with Gasteiger partial charge in [0.05, 0.1) is 6.10 Å². The quantitative estimate of drug-likeness (QED) is 0.707. The molecule has 1 aromatic rings. The maximum Gasteiger partial charge on any atom is 0.315 e. The Labute approximate surface area is 175 Å². The number of allylic oxidation sites excluding steroid dienone is 2. The molecule has 3 aliphatic heterocycles. The van der Waals surface area contributed by atoms with Crippen LogP contribution in [0.5, 0.6) is 11.5 Å². The highest BCUT2D eigenvalue weighted by Crippen LogP contribution is 2.46. The van der Waals surface area contributed by atoms with Crippen LogP contribution < -0.4 is 9.47 Å². The lowest BCUT2D eigenvalue weighted by Gasteiger charge is -2.34. The number of Topliss-reactive ketones (excluding diaryl/α,β-unsaturated/α-hetero) is 1. The molecule has 0 saturated carbocycles. The topological polar surface area (TPSA) is 83.4 Å². The van der Waals surface area contributed by atoms with Gasteiger partial charge in [-0.3, -0.25) is 14.6 Å². The Morgan fingerprint density at radius 3 is 2.90 bits per heavy atom. The van der Waals surface area contributed by atoms with E-state index in [9.17, 15) is 9.59 Å². The zero-order valence-corrected chi connectivity index (χ0v) is 17.0. The molecular weight excluding hydrogens is 386 g/mol. The molecule has 0 N–H and O–H groups in total. The van der Waals surface area contributed by atoms with Gasteiger partial charge in [-0.15, -0.1) is 0 Å². The van der Waals surface area contributed by atoms with Gasteiger partial charge in [0, 0.05) is 35.9 Å². The summed E-state index contributed by atoms with van der Waals surface area (Å²) in [5, 5.41) is 0. The molecule has 3 heterocycles. The van der Waals surface area contributed by atoms with Crippen molar-refractivity contribution in [3.8, 4) is 11.5 Å². The third kappa shape index (κ3) is 3.41. The summed E-state index contributed by atoms with van der Waals surface area (Å²) in [4.78, 5) is 30.8. The van der Waals surface area contributed by atoms with Gasteiger partial charge in [0.1, 0.15) is 12.5 Å². The number of benzene rings is 1. The predicted octanol–water partition coefficient (Wildman–Crippen LogP) is 3.32. The lowest BCUT2D eigenvalue weighted by Crippen LogP contribution is -2.38. The van der Waals surface area contributed by atoms with Crippen LogP contribution in [0.4, 0.5) is 0 Å². The van der Waals surface area contributed by atoms with E-state index in [1.54, 1.807) is 0 Å². The summed E-state index contributed by atoms with van der Waals surface area (Å²) in [6.45, 7) is 2.96. The molecule has 3 atom stereocenters. The van der Waals surface area contributed by atoms with Gasteiger partial charge in [0.25, 0.3) is 0 Å². The number of ketones is 1. The van der Waals surface area contributed by atoms with E-state index in [2.05, 4.69) is 4.99 Å². The first kappa shape index (κ1) is 19.3. The van der Waals surface area contributed by atoms with E-state index in [4.69, 9.17) is 18.9 Å². The molecule has 0 bridgehead atoms. The van der Waals surface area contributed by atoms with Crippen LogP contribution in [0.2, 0.25) is 0 Å². The molecule has 7 nitrogen and oxygen atoms in total. The minimum Gasteiger partial charge on any atom is -0.462 e. The smallest absolute Gasteiger partial charge is 0.315 e. The highest BCUT2D eigenvalue weighted by Gasteiger charge is 2.43. The number of ether oxygens (including phenoxy) is 4. The van der Waals surface area contributed by atoms with E-state index in [0.717, 1.165) is 36.9 Å². The monoisotopic (exact) mass is 411 g/mol.